The molecule has 3 aliphatic rings. The van der Waals surface area contributed by atoms with Crippen LogP contribution < -0.4 is 31.2 Å². The Labute approximate surface area is 342 Å². The number of ether oxygens (including phenoxy) is 1. The normalized spacial score (nSPS) is 18.5. The number of phosphoric ester groups is 2. The van der Waals surface area contributed by atoms with Gasteiger partial charge in [0.1, 0.15) is 38.7 Å². The summed E-state index contributed by atoms with van der Waals surface area (Å²) in [5, 5.41) is 18.4. The lowest BCUT2D eigenvalue weighted by Crippen LogP contribution is -2.36. The van der Waals surface area contributed by atoms with E-state index in [0.29, 0.717) is 38.9 Å². The second-order valence-corrected chi connectivity index (χ2v) is 17.8. The van der Waals surface area contributed by atoms with Crippen LogP contribution in [0.5, 0.6) is 0 Å². The van der Waals surface area contributed by atoms with Gasteiger partial charge in [-0.05, 0) is 43.5 Å². The van der Waals surface area contributed by atoms with E-state index in [0.717, 1.165) is 57.4 Å². The van der Waals surface area contributed by atoms with Crippen LogP contribution in [0.3, 0.4) is 0 Å². The van der Waals surface area contributed by atoms with Crippen LogP contribution in [0, 0.1) is 0 Å². The van der Waals surface area contributed by atoms with Gasteiger partial charge < -0.3 is 50.7 Å². The summed E-state index contributed by atoms with van der Waals surface area (Å²) < 4.78 is 42.6. The number of fused-ring (bicyclic) bond motifs is 3. The molecule has 2 aliphatic heterocycles. The number of benzene rings is 2. The molecule has 0 spiro atoms. The maximum atomic E-state index is 12.6. The third-order valence-corrected chi connectivity index (χ3v) is 11.7. The maximum absolute atomic E-state index is 12.6. The van der Waals surface area contributed by atoms with Gasteiger partial charge in [0.2, 0.25) is 17.2 Å². The van der Waals surface area contributed by atoms with Gasteiger partial charge in [-0.2, -0.15) is 0 Å². The zero-order valence-electron chi connectivity index (χ0n) is 32.6. The summed E-state index contributed by atoms with van der Waals surface area (Å²) >= 11 is 1.71. The molecular formula is C35H49N10O11P2S+. The molecule has 24 heteroatoms. The van der Waals surface area contributed by atoms with Crippen LogP contribution in [0.25, 0.3) is 32.0 Å². The highest BCUT2D eigenvalue weighted by Gasteiger charge is 2.50. The number of imidazole rings is 1. The number of nitrogens with one attached hydrogen (secondary N) is 2. The third-order valence-electron chi connectivity index (χ3n) is 9.65. The predicted molar refractivity (Wildman–Crippen MR) is 220 cm³/mol. The average molecular weight is 880 g/mol. The number of hydrogen-bond donors (Lipinski definition) is 8. The number of nitrogen functional groups attached to an aromatic ring is 1. The highest BCUT2D eigenvalue weighted by Crippen LogP contribution is 2.46. The van der Waals surface area contributed by atoms with E-state index in [1.54, 1.807) is 11.3 Å². The van der Waals surface area contributed by atoms with Crippen molar-refractivity contribution in [2.75, 3.05) is 63.3 Å². The van der Waals surface area contributed by atoms with Crippen LogP contribution in [0.4, 0.5) is 17.5 Å². The van der Waals surface area contributed by atoms with E-state index in [2.05, 4.69) is 69.9 Å². The second kappa shape index (κ2) is 19.0. The van der Waals surface area contributed by atoms with Crippen LogP contribution in [0.1, 0.15) is 44.8 Å². The third kappa shape index (κ3) is 11.6. The summed E-state index contributed by atoms with van der Waals surface area (Å²) in [5.41, 5.74) is 9.27. The molecule has 9 N–H and O–H groups in total. The molecule has 0 radical (unpaired) electrons. The number of nitrogens with zero attached hydrogens (tertiary/aromatic N) is 7. The number of rotatable bonds is 19. The van der Waals surface area contributed by atoms with Gasteiger partial charge >= 0.3 is 15.6 Å². The molecule has 4 atom stereocenters. The van der Waals surface area contributed by atoms with E-state index >= 15 is 0 Å². The standard InChI is InChI=1S/C35H48N10O11P2S/c1-43(2)21-10-12-23-26(17-21)59-27-18-22(11-13-24(27)41-23)44(3)16-8-9-28(46)37-14-6-4-5-7-15-38-35-42-29-32(36)39-20-40-33(29)45(35)34-30(47)31(56-58(51,52)53)25(55-34)19-54-57(48,49)50/h10-13,17-18,20,25,30-31,34,36,41,47H,4-9,14-16,19H2,1-3H3,(H5,37,46,48,49,50,51,52,53)/p+1/t25-,30-,31-,34-/m1/s1. The zero-order chi connectivity index (χ0) is 42.5. The van der Waals surface area contributed by atoms with Gasteiger partial charge in [0.15, 0.2) is 23.2 Å². The van der Waals surface area contributed by atoms with Crippen molar-refractivity contribution in [3.05, 3.63) is 48.1 Å². The first kappa shape index (κ1) is 44.4. The topological polar surface area (TPSA) is 293 Å². The molecule has 1 aliphatic carbocycles. The van der Waals surface area contributed by atoms with E-state index < -0.39 is 46.8 Å². The van der Waals surface area contributed by atoms with Crippen molar-refractivity contribution in [2.24, 2.45) is 0 Å². The average Bonchev–Trinajstić information content (AvgIpc) is 3.69. The first-order valence-corrected chi connectivity index (χ1v) is 22.7. The minimum Gasteiger partial charge on any atom is -0.386 e. The molecule has 4 heterocycles. The minimum absolute atomic E-state index is 0.00488. The summed E-state index contributed by atoms with van der Waals surface area (Å²) in [6.45, 7) is 0.789. The summed E-state index contributed by atoms with van der Waals surface area (Å²) in [4.78, 5) is 70.5. The number of aliphatic hydroxyl groups is 1. The quantitative estimate of drug-likeness (QED) is 0.0255. The number of aliphatic hydroxyl groups excluding tert-OH is 1. The number of phosphoric acid groups is 2. The monoisotopic (exact) mass is 879 g/mol. The van der Waals surface area contributed by atoms with E-state index in [1.807, 2.05) is 27.2 Å². The predicted octanol–water partition coefficient (Wildman–Crippen LogP) is 2.01. The Hall–Kier alpha value is -4.18. The van der Waals surface area contributed by atoms with Crippen molar-refractivity contribution in [1.29, 1.82) is 0 Å². The molecule has 21 nitrogen and oxygen atoms in total. The fourth-order valence-electron chi connectivity index (χ4n) is 6.66. The Morgan fingerprint density at radius 1 is 1.02 bits per heavy atom. The summed E-state index contributed by atoms with van der Waals surface area (Å²) in [7, 11) is -4.17. The van der Waals surface area contributed by atoms with Crippen molar-refractivity contribution >= 4 is 71.7 Å². The van der Waals surface area contributed by atoms with Crippen LogP contribution >= 0.6 is 27.0 Å². The maximum Gasteiger partial charge on any atom is 0.470 e. The summed E-state index contributed by atoms with van der Waals surface area (Å²) in [6.07, 6.45) is -1.16. The van der Waals surface area contributed by atoms with Gasteiger partial charge in [-0.3, -0.25) is 18.4 Å². The Morgan fingerprint density at radius 3 is 2.51 bits per heavy atom. The Bertz CT molecular complexity index is 2400. The molecule has 320 valence electrons. The van der Waals surface area contributed by atoms with Gasteiger partial charge in [-0.25, -0.2) is 33.6 Å². The molecule has 59 heavy (non-hydrogen) atoms. The lowest BCUT2D eigenvalue weighted by atomic mass is 10.1. The Morgan fingerprint density at radius 2 is 1.78 bits per heavy atom. The van der Waals surface area contributed by atoms with Crippen LogP contribution in [0.2, 0.25) is 0 Å². The van der Waals surface area contributed by atoms with Crippen LogP contribution in [-0.2, 0) is 27.7 Å². The Kier molecular flexibility index (Phi) is 14.3. The van der Waals surface area contributed by atoms with Gasteiger partial charge in [-0.15, -0.1) is 11.3 Å². The SMILES string of the molecule is CN(CCCC(=O)NCCCCCCNc1nc2c(N)ncnc2n1[C@@H]1O[C@H](COP(=O)(O)O)[C@@H](OP(=O)(O)O)[C@H]1O)c1ccc2nc3ccc(=[N+](C)C)cc-3sc2c1. The Balaban J connectivity index is 0.945. The lowest BCUT2D eigenvalue weighted by molar-refractivity contribution is -0.121. The smallest absolute Gasteiger partial charge is 0.386 e. The van der Waals surface area contributed by atoms with Gasteiger partial charge in [-0.1, -0.05) is 12.8 Å². The molecule has 3 aromatic rings. The van der Waals surface area contributed by atoms with Crippen molar-refractivity contribution < 1.29 is 52.4 Å². The molecule has 2 aromatic heterocycles. The van der Waals surface area contributed by atoms with Crippen molar-refractivity contribution in [2.45, 2.75) is 63.1 Å². The number of hydrogen-bond acceptors (Lipinski definition) is 15. The molecule has 0 saturated carbocycles. The number of carbonyl (C=O) groups excluding carboxylic acids is 1. The molecule has 1 aromatic carbocycles. The number of aromatic nitrogens is 5. The van der Waals surface area contributed by atoms with Crippen molar-refractivity contribution in [1.82, 2.24) is 34.4 Å². The molecule has 1 saturated heterocycles. The highest BCUT2D eigenvalue weighted by atomic mass is 32.1. The van der Waals surface area contributed by atoms with Crippen LogP contribution in [0.15, 0.2) is 42.7 Å². The molecule has 0 unspecified atom stereocenters. The first-order chi connectivity index (χ1) is 28.0. The fourth-order valence-corrected chi connectivity index (χ4v) is 8.61. The summed E-state index contributed by atoms with van der Waals surface area (Å²) in [5.74, 6) is 0.139. The zero-order valence-corrected chi connectivity index (χ0v) is 35.2. The largest absolute Gasteiger partial charge is 0.470 e. The number of anilines is 3. The van der Waals surface area contributed by atoms with E-state index in [1.165, 1.54) is 4.57 Å². The van der Waals surface area contributed by atoms with Gasteiger partial charge in [0.25, 0.3) is 0 Å². The lowest BCUT2D eigenvalue weighted by Gasteiger charge is -2.21. The first-order valence-electron chi connectivity index (χ1n) is 18.8. The van der Waals surface area contributed by atoms with Gasteiger partial charge in [0, 0.05) is 50.9 Å². The van der Waals surface area contributed by atoms with Crippen molar-refractivity contribution in [3.63, 3.8) is 0 Å². The molecular weight excluding hydrogens is 830 g/mol. The van der Waals surface area contributed by atoms with Crippen molar-refractivity contribution in [3.8, 4) is 10.6 Å². The molecule has 6 rings (SSSR count). The summed E-state index contributed by atoms with van der Waals surface area (Å²) in [6, 6.07) is 12.5. The minimum atomic E-state index is -5.20. The number of nitrogens with two attached hydrogens (primary N) is 1. The number of amides is 1. The van der Waals surface area contributed by atoms with E-state index in [-0.39, 0.29) is 28.8 Å². The highest BCUT2D eigenvalue weighted by molar-refractivity contribution is 7.46. The van der Waals surface area contributed by atoms with Gasteiger partial charge in [0.05, 0.1) is 27.4 Å². The molecule has 1 fully saturated rings. The van der Waals surface area contributed by atoms with Crippen LogP contribution in [-0.4, -0.2) is 121 Å². The molecule has 1 amide bonds. The number of unbranched alkanes of at least 4 members (excludes halogenated alkanes) is 3. The number of carbonyl (C=O) groups is 1. The second-order valence-electron chi connectivity index (χ2n) is 14.3. The fraction of sp³-hybridized carbons (Fsp3) is 0.486. The molecule has 0 bridgehead atoms. The van der Waals surface area contributed by atoms with E-state index in [4.69, 9.17) is 20.0 Å². The van der Waals surface area contributed by atoms with E-state index in [9.17, 15) is 38.6 Å².